The van der Waals surface area contributed by atoms with Gasteiger partial charge in [0.05, 0.1) is 17.2 Å². The summed E-state index contributed by atoms with van der Waals surface area (Å²) in [6.45, 7) is 4.28. The van der Waals surface area contributed by atoms with Gasteiger partial charge >= 0.3 is 0 Å². The fourth-order valence-electron chi connectivity index (χ4n) is 4.39. The van der Waals surface area contributed by atoms with Gasteiger partial charge in [-0.25, -0.2) is 12.7 Å². The number of nitrogens with one attached hydrogen (secondary N) is 1. The molecule has 1 N–H and O–H groups in total. The van der Waals surface area contributed by atoms with E-state index in [9.17, 15) is 13.2 Å². The largest absolute Gasteiger partial charge is 0.349 e. The number of hydrogen-bond donors (Lipinski definition) is 1. The summed E-state index contributed by atoms with van der Waals surface area (Å²) in [4.78, 5) is 21.2. The SMILES string of the molecule is Cc1ccc(C(=O)N[C@@H]2CC3CN(S(C)(=O)=O)C[C@@]3(c3nc(C)no3)C2)cn1. The highest BCUT2D eigenvalue weighted by atomic mass is 32.2. The summed E-state index contributed by atoms with van der Waals surface area (Å²) in [7, 11) is -3.32. The summed E-state index contributed by atoms with van der Waals surface area (Å²) in [6.07, 6.45) is 3.97. The summed E-state index contributed by atoms with van der Waals surface area (Å²) in [5.41, 5.74) is 0.773. The second-order valence-corrected chi connectivity index (χ2v) is 9.84. The van der Waals surface area contributed by atoms with Gasteiger partial charge in [0.1, 0.15) is 0 Å². The van der Waals surface area contributed by atoms with E-state index in [1.807, 2.05) is 6.92 Å². The predicted octanol–water partition coefficient (Wildman–Crippen LogP) is 0.803. The monoisotopic (exact) mass is 405 g/mol. The average Bonchev–Trinajstić information content (AvgIpc) is 3.27. The lowest BCUT2D eigenvalue weighted by Crippen LogP contribution is -2.39. The topological polar surface area (TPSA) is 118 Å². The van der Waals surface area contributed by atoms with Crippen molar-refractivity contribution in [3.8, 4) is 0 Å². The van der Waals surface area contributed by atoms with Crippen LogP contribution in [0.2, 0.25) is 0 Å². The Hall–Kier alpha value is -2.33. The minimum Gasteiger partial charge on any atom is -0.349 e. The van der Waals surface area contributed by atoms with Gasteiger partial charge in [-0.3, -0.25) is 9.78 Å². The third-order valence-electron chi connectivity index (χ3n) is 5.77. The zero-order valence-corrected chi connectivity index (χ0v) is 16.9. The molecule has 0 aromatic carbocycles. The van der Waals surface area contributed by atoms with Crippen molar-refractivity contribution in [1.29, 1.82) is 0 Å². The number of amides is 1. The average molecular weight is 405 g/mol. The fourth-order valence-corrected chi connectivity index (χ4v) is 5.30. The van der Waals surface area contributed by atoms with E-state index in [1.54, 1.807) is 25.3 Å². The van der Waals surface area contributed by atoms with Crippen molar-refractivity contribution >= 4 is 15.9 Å². The molecule has 1 aliphatic heterocycles. The van der Waals surface area contributed by atoms with E-state index in [-0.39, 0.29) is 24.4 Å². The number of pyridine rings is 1. The van der Waals surface area contributed by atoms with Gasteiger partial charge < -0.3 is 9.84 Å². The fraction of sp³-hybridized carbons (Fsp3) is 0.556. The number of carbonyl (C=O) groups is 1. The van der Waals surface area contributed by atoms with E-state index in [0.717, 1.165) is 5.69 Å². The molecule has 2 aromatic rings. The van der Waals surface area contributed by atoms with Crippen LogP contribution in [0.4, 0.5) is 0 Å². The standard InChI is InChI=1S/C18H23N5O4S/c1-11-4-5-13(8-19-11)16(24)21-15-6-14-9-23(28(3,25)26)10-18(14,7-15)17-20-12(2)22-27-17/h4-5,8,14-15H,6-7,9-10H2,1-3H3,(H,21,24)/t14?,15-,18+/m1/s1. The number of aromatic nitrogens is 3. The lowest BCUT2D eigenvalue weighted by atomic mass is 9.80. The second-order valence-electron chi connectivity index (χ2n) is 7.85. The molecule has 1 unspecified atom stereocenters. The Balaban J connectivity index is 1.57. The first kappa shape index (κ1) is 19.0. The van der Waals surface area contributed by atoms with Crippen LogP contribution in [0.1, 0.15) is 40.6 Å². The normalized spacial score (nSPS) is 27.7. The summed E-state index contributed by atoms with van der Waals surface area (Å²) < 4.78 is 31.1. The molecule has 2 aliphatic rings. The van der Waals surface area contributed by atoms with E-state index in [1.165, 1.54) is 10.6 Å². The number of aryl methyl sites for hydroxylation is 2. The van der Waals surface area contributed by atoms with Gasteiger partial charge in [0.15, 0.2) is 5.82 Å². The van der Waals surface area contributed by atoms with Crippen molar-refractivity contribution in [2.24, 2.45) is 5.92 Å². The highest BCUT2D eigenvalue weighted by Gasteiger charge is 2.58. The first-order valence-electron chi connectivity index (χ1n) is 9.17. The lowest BCUT2D eigenvalue weighted by molar-refractivity contribution is 0.0934. The summed E-state index contributed by atoms with van der Waals surface area (Å²) in [5, 5.41) is 6.96. The molecule has 1 aliphatic carbocycles. The summed E-state index contributed by atoms with van der Waals surface area (Å²) >= 11 is 0. The van der Waals surface area contributed by atoms with Crippen LogP contribution in [0, 0.1) is 19.8 Å². The van der Waals surface area contributed by atoms with Crippen molar-refractivity contribution in [2.75, 3.05) is 19.3 Å². The number of nitrogens with zero attached hydrogens (tertiary/aromatic N) is 4. The number of sulfonamides is 1. The molecule has 3 heterocycles. The zero-order valence-electron chi connectivity index (χ0n) is 16.0. The van der Waals surface area contributed by atoms with Crippen LogP contribution in [-0.2, 0) is 15.4 Å². The predicted molar refractivity (Wildman–Crippen MR) is 100 cm³/mol. The van der Waals surface area contributed by atoms with Crippen LogP contribution in [-0.4, -0.2) is 59.1 Å². The maximum Gasteiger partial charge on any atom is 0.253 e. The third-order valence-corrected chi connectivity index (χ3v) is 6.99. The van der Waals surface area contributed by atoms with Crippen molar-refractivity contribution in [1.82, 2.24) is 24.7 Å². The van der Waals surface area contributed by atoms with Gasteiger partial charge in [-0.2, -0.15) is 4.98 Å². The zero-order chi connectivity index (χ0) is 20.1. The second kappa shape index (κ2) is 6.63. The molecule has 9 nitrogen and oxygen atoms in total. The molecule has 0 spiro atoms. The molecule has 1 saturated carbocycles. The Morgan fingerprint density at radius 1 is 1.36 bits per heavy atom. The first-order chi connectivity index (χ1) is 13.2. The van der Waals surface area contributed by atoms with Crippen LogP contribution in [0.3, 0.4) is 0 Å². The van der Waals surface area contributed by atoms with Crippen molar-refractivity contribution < 1.29 is 17.7 Å². The molecule has 0 bridgehead atoms. The van der Waals surface area contributed by atoms with Crippen LogP contribution in [0.5, 0.6) is 0 Å². The number of fused-ring (bicyclic) bond motifs is 1. The molecule has 2 aromatic heterocycles. The quantitative estimate of drug-likeness (QED) is 0.799. The number of hydrogen-bond acceptors (Lipinski definition) is 7. The molecule has 10 heteroatoms. The molecule has 4 rings (SSSR count). The molecule has 1 saturated heterocycles. The van der Waals surface area contributed by atoms with E-state index in [2.05, 4.69) is 20.4 Å². The molecule has 2 fully saturated rings. The van der Waals surface area contributed by atoms with Crippen LogP contribution in [0.25, 0.3) is 0 Å². The first-order valence-corrected chi connectivity index (χ1v) is 11.0. The Morgan fingerprint density at radius 2 is 2.14 bits per heavy atom. The minimum atomic E-state index is -3.32. The molecular formula is C18H23N5O4S. The number of carbonyl (C=O) groups excluding carboxylic acids is 1. The van der Waals surface area contributed by atoms with Crippen LogP contribution >= 0.6 is 0 Å². The van der Waals surface area contributed by atoms with Crippen molar-refractivity contribution in [3.63, 3.8) is 0 Å². The van der Waals surface area contributed by atoms with E-state index in [4.69, 9.17) is 4.52 Å². The van der Waals surface area contributed by atoms with E-state index >= 15 is 0 Å². The smallest absolute Gasteiger partial charge is 0.253 e. The lowest BCUT2D eigenvalue weighted by Gasteiger charge is -2.24. The van der Waals surface area contributed by atoms with E-state index in [0.29, 0.717) is 36.7 Å². The summed E-state index contributed by atoms with van der Waals surface area (Å²) in [5.74, 6) is 0.784. The Labute approximate surface area is 163 Å². The minimum absolute atomic E-state index is 0.00326. The summed E-state index contributed by atoms with van der Waals surface area (Å²) in [6, 6.07) is 3.44. The third kappa shape index (κ3) is 3.30. The van der Waals surface area contributed by atoms with Crippen molar-refractivity contribution in [2.45, 2.75) is 38.1 Å². The van der Waals surface area contributed by atoms with Gasteiger partial charge in [0.2, 0.25) is 15.9 Å². The molecule has 1 amide bonds. The van der Waals surface area contributed by atoms with Gasteiger partial charge in [-0.1, -0.05) is 5.16 Å². The van der Waals surface area contributed by atoms with Crippen molar-refractivity contribution in [3.05, 3.63) is 41.3 Å². The Morgan fingerprint density at radius 3 is 2.75 bits per heavy atom. The van der Waals surface area contributed by atoms with Gasteiger partial charge in [0, 0.05) is 31.0 Å². The van der Waals surface area contributed by atoms with Gasteiger partial charge in [0.25, 0.3) is 5.91 Å². The molecule has 150 valence electrons. The molecule has 0 radical (unpaired) electrons. The Kier molecular flexibility index (Phi) is 4.50. The molecule has 3 atom stereocenters. The van der Waals surface area contributed by atoms with Gasteiger partial charge in [-0.05, 0) is 44.7 Å². The Bertz CT molecular complexity index is 1000. The van der Waals surface area contributed by atoms with Crippen LogP contribution in [0.15, 0.2) is 22.9 Å². The van der Waals surface area contributed by atoms with E-state index < -0.39 is 15.4 Å². The molecule has 28 heavy (non-hydrogen) atoms. The maximum absolute atomic E-state index is 12.6. The highest BCUT2D eigenvalue weighted by molar-refractivity contribution is 7.88. The number of rotatable bonds is 4. The molecular weight excluding hydrogens is 382 g/mol. The van der Waals surface area contributed by atoms with Gasteiger partial charge in [-0.15, -0.1) is 0 Å². The van der Waals surface area contributed by atoms with Crippen LogP contribution < -0.4 is 5.32 Å². The maximum atomic E-state index is 12.6. The highest BCUT2D eigenvalue weighted by Crippen LogP contribution is 2.50.